The molecule has 13 heteroatoms. The zero-order chi connectivity index (χ0) is 25.2. The molecule has 0 atom stereocenters. The molecule has 0 unspecified atom stereocenters. The van der Waals surface area contributed by atoms with Crippen molar-refractivity contribution in [1.82, 2.24) is 14.5 Å². The number of carboxylic acids is 1. The Kier molecular flexibility index (Phi) is 11.2. The van der Waals surface area contributed by atoms with E-state index in [0.29, 0.717) is 26.1 Å². The molecular formula is C20H30F3N3O6S. The van der Waals surface area contributed by atoms with Gasteiger partial charge in [0.25, 0.3) is 0 Å². The van der Waals surface area contributed by atoms with Crippen LogP contribution in [-0.4, -0.2) is 93.8 Å². The Balaban J connectivity index is 0.000000675. The standard InChI is InChI=1S/C18H29N3O4S.C2HF3O2/c1-15-5-6-17(13-16(15)2)26(23,24)21(9-4-12-25-3)14-18(22)20-10-7-19-8-11-20;3-2(4,5)1(6)7/h5-6,13,19H,4,7-12,14H2,1-3H3;(H,6,7). The summed E-state index contributed by atoms with van der Waals surface area (Å²) in [5.74, 6) is -2.91. The minimum atomic E-state index is -5.08. The molecule has 0 radical (unpaired) electrons. The molecule has 1 aromatic carbocycles. The predicted octanol–water partition coefficient (Wildman–Crippen LogP) is 1.40. The molecule has 2 rings (SSSR count). The zero-order valence-electron chi connectivity index (χ0n) is 18.8. The molecule has 1 amide bonds. The molecule has 0 aliphatic carbocycles. The van der Waals surface area contributed by atoms with Crippen molar-refractivity contribution in [2.75, 3.05) is 53.0 Å². The number of hydrogen-bond donors (Lipinski definition) is 2. The van der Waals surface area contributed by atoms with Gasteiger partial charge in [0.2, 0.25) is 15.9 Å². The normalized spacial score (nSPS) is 14.6. The Bertz CT molecular complexity index is 903. The van der Waals surface area contributed by atoms with Crippen LogP contribution in [0.2, 0.25) is 0 Å². The predicted molar refractivity (Wildman–Crippen MR) is 114 cm³/mol. The molecule has 0 spiro atoms. The summed E-state index contributed by atoms with van der Waals surface area (Å²) in [7, 11) is -2.16. The van der Waals surface area contributed by atoms with Gasteiger partial charge in [0, 0.05) is 46.4 Å². The third kappa shape index (κ3) is 9.27. The van der Waals surface area contributed by atoms with Crippen LogP contribution in [0.4, 0.5) is 13.2 Å². The molecule has 188 valence electrons. The third-order valence-corrected chi connectivity index (χ3v) is 6.74. The van der Waals surface area contributed by atoms with Crippen LogP contribution in [-0.2, 0) is 24.3 Å². The van der Waals surface area contributed by atoms with Crippen molar-refractivity contribution in [2.45, 2.75) is 31.3 Å². The Morgan fingerprint density at radius 3 is 2.24 bits per heavy atom. The monoisotopic (exact) mass is 497 g/mol. The van der Waals surface area contributed by atoms with Gasteiger partial charge in [-0.3, -0.25) is 4.79 Å². The smallest absolute Gasteiger partial charge is 0.475 e. The van der Waals surface area contributed by atoms with Crippen molar-refractivity contribution >= 4 is 21.9 Å². The lowest BCUT2D eigenvalue weighted by Crippen LogP contribution is -2.50. The summed E-state index contributed by atoms with van der Waals surface area (Å²) in [6.45, 7) is 7.06. The lowest BCUT2D eigenvalue weighted by Gasteiger charge is -2.30. The number of halogens is 3. The Morgan fingerprint density at radius 1 is 1.18 bits per heavy atom. The van der Waals surface area contributed by atoms with Crippen LogP contribution in [0.1, 0.15) is 17.5 Å². The second-order valence-electron chi connectivity index (χ2n) is 7.36. The number of rotatable bonds is 8. The van der Waals surface area contributed by atoms with Crippen molar-refractivity contribution in [3.05, 3.63) is 29.3 Å². The highest BCUT2D eigenvalue weighted by atomic mass is 32.2. The Hall–Kier alpha value is -2.22. The highest BCUT2D eigenvalue weighted by molar-refractivity contribution is 7.89. The second kappa shape index (κ2) is 12.9. The van der Waals surface area contributed by atoms with Gasteiger partial charge in [-0.25, -0.2) is 13.2 Å². The van der Waals surface area contributed by atoms with E-state index in [2.05, 4.69) is 5.32 Å². The maximum atomic E-state index is 13.1. The fraction of sp³-hybridized carbons (Fsp3) is 0.600. The maximum absolute atomic E-state index is 13.1. The molecule has 0 saturated carbocycles. The first-order valence-electron chi connectivity index (χ1n) is 10.2. The summed E-state index contributed by atoms with van der Waals surface area (Å²) in [4.78, 5) is 23.4. The van der Waals surface area contributed by atoms with Gasteiger partial charge in [0.1, 0.15) is 0 Å². The van der Waals surface area contributed by atoms with Crippen molar-refractivity contribution < 1.29 is 41.0 Å². The van der Waals surface area contributed by atoms with Crippen LogP contribution in [0, 0.1) is 13.8 Å². The summed E-state index contributed by atoms with van der Waals surface area (Å²) in [6.07, 6.45) is -4.55. The Labute approximate surface area is 191 Å². The van der Waals surface area contributed by atoms with Gasteiger partial charge in [-0.2, -0.15) is 17.5 Å². The van der Waals surface area contributed by atoms with E-state index in [0.717, 1.165) is 24.2 Å². The lowest BCUT2D eigenvalue weighted by atomic mass is 10.1. The maximum Gasteiger partial charge on any atom is 0.490 e. The van der Waals surface area contributed by atoms with Gasteiger partial charge in [-0.15, -0.1) is 0 Å². The van der Waals surface area contributed by atoms with Crippen LogP contribution in [0.15, 0.2) is 23.1 Å². The molecule has 9 nitrogen and oxygen atoms in total. The third-order valence-electron chi connectivity index (χ3n) is 4.90. The summed E-state index contributed by atoms with van der Waals surface area (Å²) in [5.41, 5.74) is 1.95. The number of aryl methyl sites for hydroxylation is 2. The fourth-order valence-corrected chi connectivity index (χ4v) is 4.37. The van der Waals surface area contributed by atoms with Gasteiger partial charge in [-0.1, -0.05) is 6.07 Å². The van der Waals surface area contributed by atoms with E-state index in [1.165, 1.54) is 4.31 Å². The van der Waals surface area contributed by atoms with Gasteiger partial charge in [0.15, 0.2) is 0 Å². The summed E-state index contributed by atoms with van der Waals surface area (Å²) >= 11 is 0. The number of nitrogens with zero attached hydrogens (tertiary/aromatic N) is 2. The molecule has 2 N–H and O–H groups in total. The molecule has 0 aromatic heterocycles. The van der Waals surface area contributed by atoms with E-state index < -0.39 is 22.2 Å². The quantitative estimate of drug-likeness (QED) is 0.522. The number of carbonyl (C=O) groups is 2. The van der Waals surface area contributed by atoms with E-state index in [1.807, 2.05) is 13.8 Å². The van der Waals surface area contributed by atoms with Crippen LogP contribution in [0.3, 0.4) is 0 Å². The first-order chi connectivity index (χ1) is 15.3. The van der Waals surface area contributed by atoms with Crippen molar-refractivity contribution in [3.63, 3.8) is 0 Å². The van der Waals surface area contributed by atoms with Gasteiger partial charge in [-0.05, 0) is 43.5 Å². The molecule has 0 bridgehead atoms. The van der Waals surface area contributed by atoms with Crippen LogP contribution < -0.4 is 5.32 Å². The number of piperazine rings is 1. The number of nitrogens with one attached hydrogen (secondary N) is 1. The van der Waals surface area contributed by atoms with Crippen molar-refractivity contribution in [2.24, 2.45) is 0 Å². The fourth-order valence-electron chi connectivity index (χ4n) is 2.86. The van der Waals surface area contributed by atoms with E-state index in [4.69, 9.17) is 14.6 Å². The van der Waals surface area contributed by atoms with E-state index in [-0.39, 0.29) is 23.9 Å². The molecule has 1 heterocycles. The average molecular weight is 498 g/mol. The van der Waals surface area contributed by atoms with E-state index >= 15 is 0 Å². The van der Waals surface area contributed by atoms with Crippen molar-refractivity contribution in [3.8, 4) is 0 Å². The molecule has 1 saturated heterocycles. The van der Waals surface area contributed by atoms with Gasteiger partial charge >= 0.3 is 12.1 Å². The highest BCUT2D eigenvalue weighted by Gasteiger charge is 2.38. The number of sulfonamides is 1. The molecule has 1 aromatic rings. The number of ether oxygens (including phenoxy) is 1. The molecular weight excluding hydrogens is 467 g/mol. The van der Waals surface area contributed by atoms with Crippen LogP contribution in [0.5, 0.6) is 0 Å². The molecule has 1 aliphatic heterocycles. The van der Waals surface area contributed by atoms with Gasteiger partial charge < -0.3 is 20.1 Å². The molecule has 33 heavy (non-hydrogen) atoms. The number of aliphatic carboxylic acids is 1. The second-order valence-corrected chi connectivity index (χ2v) is 9.30. The number of hydrogen-bond acceptors (Lipinski definition) is 6. The number of alkyl halides is 3. The van der Waals surface area contributed by atoms with E-state index in [9.17, 15) is 26.4 Å². The highest BCUT2D eigenvalue weighted by Crippen LogP contribution is 2.20. The summed E-state index contributed by atoms with van der Waals surface area (Å²) < 4.78 is 64.3. The minimum absolute atomic E-state index is 0.140. The van der Waals surface area contributed by atoms with Crippen LogP contribution >= 0.6 is 0 Å². The number of carbonyl (C=O) groups excluding carboxylic acids is 1. The Morgan fingerprint density at radius 2 is 1.76 bits per heavy atom. The summed E-state index contributed by atoms with van der Waals surface area (Å²) in [6, 6.07) is 5.08. The molecule has 1 aliphatic rings. The largest absolute Gasteiger partial charge is 0.490 e. The SMILES string of the molecule is COCCCN(CC(=O)N1CCNCC1)S(=O)(=O)c1ccc(C)c(C)c1.O=C(O)C(F)(F)F. The minimum Gasteiger partial charge on any atom is -0.475 e. The average Bonchev–Trinajstić information content (AvgIpc) is 2.75. The summed E-state index contributed by atoms with van der Waals surface area (Å²) in [5, 5.41) is 10.3. The number of methoxy groups -OCH3 is 1. The van der Waals surface area contributed by atoms with Crippen molar-refractivity contribution in [1.29, 1.82) is 0 Å². The lowest BCUT2D eigenvalue weighted by molar-refractivity contribution is -0.192. The number of benzene rings is 1. The zero-order valence-corrected chi connectivity index (χ0v) is 19.6. The first kappa shape index (κ1) is 28.8. The van der Waals surface area contributed by atoms with Gasteiger partial charge in [0.05, 0.1) is 11.4 Å². The van der Waals surface area contributed by atoms with Crippen LogP contribution in [0.25, 0.3) is 0 Å². The molecule has 1 fully saturated rings. The van der Waals surface area contributed by atoms with E-state index in [1.54, 1.807) is 30.2 Å². The number of carboxylic acid groups (broad SMARTS) is 1. The first-order valence-corrected chi connectivity index (χ1v) is 11.6. The number of amides is 1. The topological polar surface area (TPSA) is 116 Å².